The molecule has 114 valence electrons. The van der Waals surface area contributed by atoms with Crippen LogP contribution in [0.4, 0.5) is 5.13 Å². The minimum atomic E-state index is 0.496. The van der Waals surface area contributed by atoms with Crippen LogP contribution in [0.3, 0.4) is 0 Å². The summed E-state index contributed by atoms with van der Waals surface area (Å²) in [6.07, 6.45) is 2.58. The SMILES string of the molecule is CNc1nc(-c2nc(CC(C)C)nn2-c2ccccn2)cs1. The molecule has 0 saturated heterocycles. The zero-order chi connectivity index (χ0) is 15.5. The molecule has 0 radical (unpaired) electrons. The van der Waals surface area contributed by atoms with Gasteiger partial charge in [0.15, 0.2) is 22.6 Å². The molecule has 0 unspecified atom stereocenters. The molecule has 0 aromatic carbocycles. The van der Waals surface area contributed by atoms with E-state index in [9.17, 15) is 0 Å². The van der Waals surface area contributed by atoms with E-state index in [-0.39, 0.29) is 0 Å². The standard InChI is InChI=1S/C15H18N6S/c1-10(2)8-12-19-14(11-9-22-15(16-3)18-11)21(20-12)13-6-4-5-7-17-13/h4-7,9-10H,8H2,1-3H3,(H,16,18). The minimum Gasteiger partial charge on any atom is -0.365 e. The van der Waals surface area contributed by atoms with Crippen LogP contribution < -0.4 is 5.32 Å². The molecule has 6 nitrogen and oxygen atoms in total. The summed E-state index contributed by atoms with van der Waals surface area (Å²) in [7, 11) is 1.86. The summed E-state index contributed by atoms with van der Waals surface area (Å²) in [5.74, 6) is 2.79. The summed E-state index contributed by atoms with van der Waals surface area (Å²) in [6.45, 7) is 4.31. The summed E-state index contributed by atoms with van der Waals surface area (Å²) in [4.78, 5) is 13.6. The Morgan fingerprint density at radius 1 is 1.27 bits per heavy atom. The highest BCUT2D eigenvalue weighted by Crippen LogP contribution is 2.25. The third-order valence-corrected chi connectivity index (χ3v) is 3.92. The van der Waals surface area contributed by atoms with E-state index >= 15 is 0 Å². The second kappa shape index (κ2) is 6.23. The van der Waals surface area contributed by atoms with Gasteiger partial charge in [-0.2, -0.15) is 4.68 Å². The summed E-state index contributed by atoms with van der Waals surface area (Å²) in [6, 6.07) is 5.75. The predicted molar refractivity (Wildman–Crippen MR) is 88.4 cm³/mol. The topological polar surface area (TPSA) is 68.5 Å². The Morgan fingerprint density at radius 2 is 2.14 bits per heavy atom. The van der Waals surface area contributed by atoms with Crippen LogP contribution in [-0.4, -0.2) is 31.8 Å². The molecule has 0 aliphatic rings. The lowest BCUT2D eigenvalue weighted by Gasteiger charge is -2.02. The summed E-state index contributed by atoms with van der Waals surface area (Å²) in [5, 5.41) is 10.5. The fourth-order valence-electron chi connectivity index (χ4n) is 2.10. The fourth-order valence-corrected chi connectivity index (χ4v) is 2.75. The zero-order valence-electron chi connectivity index (χ0n) is 12.8. The van der Waals surface area contributed by atoms with Gasteiger partial charge >= 0.3 is 0 Å². The van der Waals surface area contributed by atoms with Crippen molar-refractivity contribution in [2.24, 2.45) is 5.92 Å². The van der Waals surface area contributed by atoms with Crippen molar-refractivity contribution in [3.05, 3.63) is 35.6 Å². The zero-order valence-corrected chi connectivity index (χ0v) is 13.6. The first kappa shape index (κ1) is 14.6. The average Bonchev–Trinajstić information content (AvgIpc) is 3.13. The van der Waals surface area contributed by atoms with Crippen LogP contribution in [0.2, 0.25) is 0 Å². The third-order valence-electron chi connectivity index (χ3n) is 3.06. The molecule has 0 atom stereocenters. The number of nitrogens with one attached hydrogen (secondary N) is 1. The molecule has 3 aromatic rings. The van der Waals surface area contributed by atoms with Crippen molar-refractivity contribution in [3.63, 3.8) is 0 Å². The highest BCUT2D eigenvalue weighted by atomic mass is 32.1. The van der Waals surface area contributed by atoms with Crippen LogP contribution in [-0.2, 0) is 6.42 Å². The Morgan fingerprint density at radius 3 is 2.77 bits per heavy atom. The van der Waals surface area contributed by atoms with Crippen molar-refractivity contribution in [1.29, 1.82) is 0 Å². The van der Waals surface area contributed by atoms with E-state index in [4.69, 9.17) is 0 Å². The van der Waals surface area contributed by atoms with Crippen molar-refractivity contribution in [2.45, 2.75) is 20.3 Å². The van der Waals surface area contributed by atoms with Gasteiger partial charge < -0.3 is 5.32 Å². The van der Waals surface area contributed by atoms with E-state index in [0.29, 0.717) is 5.92 Å². The van der Waals surface area contributed by atoms with Gasteiger partial charge in [-0.1, -0.05) is 19.9 Å². The number of hydrogen-bond acceptors (Lipinski definition) is 6. The number of hydrogen-bond donors (Lipinski definition) is 1. The lowest BCUT2D eigenvalue weighted by atomic mass is 10.1. The van der Waals surface area contributed by atoms with Crippen LogP contribution in [0.1, 0.15) is 19.7 Å². The quantitative estimate of drug-likeness (QED) is 0.784. The summed E-state index contributed by atoms with van der Waals surface area (Å²) < 4.78 is 1.77. The Balaban J connectivity index is 2.08. The Kier molecular flexibility index (Phi) is 4.15. The van der Waals surface area contributed by atoms with Gasteiger partial charge in [0.05, 0.1) is 0 Å². The van der Waals surface area contributed by atoms with Crippen molar-refractivity contribution in [3.8, 4) is 17.3 Å². The van der Waals surface area contributed by atoms with E-state index in [1.807, 2.05) is 30.6 Å². The van der Waals surface area contributed by atoms with Gasteiger partial charge in [-0.25, -0.2) is 15.0 Å². The van der Waals surface area contributed by atoms with Crippen molar-refractivity contribution in [2.75, 3.05) is 12.4 Å². The first-order chi connectivity index (χ1) is 10.7. The number of aromatic nitrogens is 5. The molecule has 0 saturated carbocycles. The lowest BCUT2D eigenvalue weighted by Crippen LogP contribution is -2.03. The van der Waals surface area contributed by atoms with Gasteiger partial charge in [-0.15, -0.1) is 16.4 Å². The molecule has 7 heteroatoms. The lowest BCUT2D eigenvalue weighted by molar-refractivity contribution is 0.618. The molecule has 3 rings (SSSR count). The maximum absolute atomic E-state index is 4.67. The second-order valence-corrected chi connectivity index (χ2v) is 6.20. The van der Waals surface area contributed by atoms with Gasteiger partial charge in [0.2, 0.25) is 0 Å². The van der Waals surface area contributed by atoms with Crippen LogP contribution >= 0.6 is 11.3 Å². The second-order valence-electron chi connectivity index (χ2n) is 5.34. The van der Waals surface area contributed by atoms with E-state index in [0.717, 1.165) is 34.7 Å². The highest BCUT2D eigenvalue weighted by Gasteiger charge is 2.17. The first-order valence-corrected chi connectivity index (χ1v) is 8.06. The number of pyridine rings is 1. The van der Waals surface area contributed by atoms with Gasteiger partial charge in [-0.05, 0) is 18.1 Å². The van der Waals surface area contributed by atoms with Crippen LogP contribution in [0.5, 0.6) is 0 Å². The summed E-state index contributed by atoms with van der Waals surface area (Å²) >= 11 is 1.55. The molecule has 0 amide bonds. The van der Waals surface area contributed by atoms with Crippen LogP contribution in [0.15, 0.2) is 29.8 Å². The summed E-state index contributed by atoms with van der Waals surface area (Å²) in [5.41, 5.74) is 0.808. The average molecular weight is 314 g/mol. The molecule has 3 heterocycles. The van der Waals surface area contributed by atoms with Crippen LogP contribution in [0, 0.1) is 5.92 Å². The van der Waals surface area contributed by atoms with Crippen molar-refractivity contribution in [1.82, 2.24) is 24.7 Å². The van der Waals surface area contributed by atoms with Gasteiger partial charge in [0.25, 0.3) is 0 Å². The molecular formula is C15H18N6S. The first-order valence-electron chi connectivity index (χ1n) is 7.18. The third kappa shape index (κ3) is 2.99. The molecule has 0 spiro atoms. The Bertz CT molecular complexity index is 746. The minimum absolute atomic E-state index is 0.496. The predicted octanol–water partition coefficient (Wildman–Crippen LogP) is 3.03. The van der Waals surface area contributed by atoms with Crippen molar-refractivity contribution < 1.29 is 0 Å². The Labute approximate surface area is 133 Å². The Hall–Kier alpha value is -2.28. The van der Waals surface area contributed by atoms with E-state index < -0.39 is 0 Å². The molecule has 0 fully saturated rings. The number of anilines is 1. The van der Waals surface area contributed by atoms with Gasteiger partial charge in [0.1, 0.15) is 5.69 Å². The van der Waals surface area contributed by atoms with E-state index in [1.54, 1.807) is 22.2 Å². The molecule has 0 bridgehead atoms. The van der Waals surface area contributed by atoms with Crippen molar-refractivity contribution >= 4 is 16.5 Å². The van der Waals surface area contributed by atoms with Gasteiger partial charge in [0, 0.05) is 25.0 Å². The maximum Gasteiger partial charge on any atom is 0.184 e. The highest BCUT2D eigenvalue weighted by molar-refractivity contribution is 7.14. The number of thiazole rings is 1. The molecule has 22 heavy (non-hydrogen) atoms. The smallest absolute Gasteiger partial charge is 0.184 e. The van der Waals surface area contributed by atoms with Gasteiger partial charge in [-0.3, -0.25) is 0 Å². The van der Waals surface area contributed by atoms with E-state index in [2.05, 4.69) is 39.2 Å². The fraction of sp³-hybridized carbons (Fsp3) is 0.333. The molecular weight excluding hydrogens is 296 g/mol. The molecule has 1 N–H and O–H groups in total. The molecule has 3 aromatic heterocycles. The number of rotatable bonds is 5. The molecule has 0 aliphatic carbocycles. The largest absolute Gasteiger partial charge is 0.365 e. The van der Waals surface area contributed by atoms with Crippen LogP contribution in [0.25, 0.3) is 17.3 Å². The maximum atomic E-state index is 4.67. The normalized spacial score (nSPS) is 11.1. The van der Waals surface area contributed by atoms with E-state index in [1.165, 1.54) is 0 Å². The monoisotopic (exact) mass is 314 g/mol. The number of nitrogens with zero attached hydrogens (tertiary/aromatic N) is 5. The molecule has 0 aliphatic heterocycles.